The zero-order valence-electron chi connectivity index (χ0n) is 18.0. The second kappa shape index (κ2) is 7.55. The number of nitrogens with one attached hydrogen (secondary N) is 2. The summed E-state index contributed by atoms with van der Waals surface area (Å²) in [7, 11) is 1.54. The van der Waals surface area contributed by atoms with Gasteiger partial charge in [0.25, 0.3) is 23.5 Å². The van der Waals surface area contributed by atoms with E-state index in [-0.39, 0.29) is 11.3 Å². The van der Waals surface area contributed by atoms with Crippen LogP contribution in [0.15, 0.2) is 18.2 Å². The van der Waals surface area contributed by atoms with Crippen LogP contribution in [0.2, 0.25) is 0 Å². The van der Waals surface area contributed by atoms with E-state index in [1.807, 2.05) is 0 Å². The van der Waals surface area contributed by atoms with Crippen LogP contribution in [-0.2, 0) is 11.8 Å². The summed E-state index contributed by atoms with van der Waals surface area (Å²) >= 11 is 0. The molecule has 0 saturated heterocycles. The maximum Gasteiger partial charge on any atom is 0.294 e. The lowest BCUT2D eigenvalue weighted by molar-refractivity contribution is -0.140. The molecule has 1 fully saturated rings. The lowest BCUT2D eigenvalue weighted by Crippen LogP contribution is -2.61. The molecule has 0 atom stereocenters. The van der Waals surface area contributed by atoms with E-state index in [1.54, 1.807) is 20.9 Å². The summed E-state index contributed by atoms with van der Waals surface area (Å²) in [5, 5.41) is 5.06. The van der Waals surface area contributed by atoms with Gasteiger partial charge in [0, 0.05) is 36.8 Å². The van der Waals surface area contributed by atoms with Gasteiger partial charge in [0.1, 0.15) is 5.82 Å². The number of aryl methyl sites for hydroxylation is 1. The summed E-state index contributed by atoms with van der Waals surface area (Å²) in [6.07, 6.45) is -1.07. The molecule has 0 bridgehead atoms. The third kappa shape index (κ3) is 4.22. The molecule has 2 N–H and O–H groups in total. The Balaban J connectivity index is 1.84. The van der Waals surface area contributed by atoms with Gasteiger partial charge < -0.3 is 15.2 Å². The standard InChI is InChI=1S/C22H24F3N3O3/c1-11-8-14(6-7-15(11)23)26-19(30)16-12(2)17(28(5)13(16)3)18(29)20(31)27-21(4)9-22(24,25)10-21/h6-8H,9-10H2,1-5H3,(H,26,30)(H,27,31). The van der Waals surface area contributed by atoms with E-state index in [0.29, 0.717) is 22.5 Å². The zero-order chi connectivity index (χ0) is 23.3. The van der Waals surface area contributed by atoms with Gasteiger partial charge in [-0.1, -0.05) is 0 Å². The predicted octanol–water partition coefficient (Wildman–Crippen LogP) is 3.83. The first-order valence-electron chi connectivity index (χ1n) is 9.73. The second-order valence-electron chi connectivity index (χ2n) is 8.46. The van der Waals surface area contributed by atoms with Gasteiger partial charge in [-0.2, -0.15) is 0 Å². The van der Waals surface area contributed by atoms with Crippen molar-refractivity contribution in [3.8, 4) is 0 Å². The Kier molecular flexibility index (Phi) is 5.50. The first-order chi connectivity index (χ1) is 14.2. The molecule has 0 spiro atoms. The van der Waals surface area contributed by atoms with E-state index in [4.69, 9.17) is 0 Å². The average molecular weight is 435 g/mol. The van der Waals surface area contributed by atoms with Crippen molar-refractivity contribution in [3.63, 3.8) is 0 Å². The molecule has 0 unspecified atom stereocenters. The zero-order valence-corrected chi connectivity index (χ0v) is 18.0. The highest BCUT2D eigenvalue weighted by Gasteiger charge is 2.54. The number of hydrogen-bond acceptors (Lipinski definition) is 3. The van der Waals surface area contributed by atoms with Crippen molar-refractivity contribution in [2.45, 2.75) is 52.0 Å². The fourth-order valence-electron chi connectivity index (χ4n) is 4.17. The summed E-state index contributed by atoms with van der Waals surface area (Å²) in [5.74, 6) is -5.67. The highest BCUT2D eigenvalue weighted by Crippen LogP contribution is 2.45. The maximum absolute atomic E-state index is 13.5. The molecule has 31 heavy (non-hydrogen) atoms. The molecule has 2 aromatic rings. The van der Waals surface area contributed by atoms with Gasteiger partial charge in [0.15, 0.2) is 0 Å². The number of carbonyl (C=O) groups is 3. The molecule has 1 aliphatic carbocycles. The summed E-state index contributed by atoms with van der Waals surface area (Å²) in [6.45, 7) is 6.19. The summed E-state index contributed by atoms with van der Waals surface area (Å²) < 4.78 is 41.3. The van der Waals surface area contributed by atoms with Crippen LogP contribution in [-0.4, -0.2) is 33.6 Å². The van der Waals surface area contributed by atoms with Crippen LogP contribution in [0, 0.1) is 26.6 Å². The normalized spacial score (nSPS) is 16.4. The van der Waals surface area contributed by atoms with E-state index in [9.17, 15) is 27.6 Å². The molecule has 3 rings (SSSR count). The van der Waals surface area contributed by atoms with Crippen molar-refractivity contribution >= 4 is 23.3 Å². The number of carbonyl (C=O) groups excluding carboxylic acids is 3. The molecular formula is C22H24F3N3O3. The quantitative estimate of drug-likeness (QED) is 0.553. The number of benzene rings is 1. The Bertz CT molecular complexity index is 1100. The minimum Gasteiger partial charge on any atom is -0.344 e. The molecule has 9 heteroatoms. The number of Topliss-reactive ketones (excluding diaryl/α,β-unsaturated/α-hetero) is 1. The van der Waals surface area contributed by atoms with Crippen LogP contribution >= 0.6 is 0 Å². The van der Waals surface area contributed by atoms with Gasteiger partial charge in [-0.25, -0.2) is 13.2 Å². The minimum absolute atomic E-state index is 0.00474. The van der Waals surface area contributed by atoms with Gasteiger partial charge in [-0.15, -0.1) is 0 Å². The summed E-state index contributed by atoms with van der Waals surface area (Å²) in [6, 6.07) is 4.14. The molecule has 1 aromatic heterocycles. The van der Waals surface area contributed by atoms with E-state index in [0.717, 1.165) is 0 Å². The molecule has 0 aliphatic heterocycles. The number of nitrogens with zero attached hydrogens (tertiary/aromatic N) is 1. The van der Waals surface area contributed by atoms with Crippen LogP contribution in [0.5, 0.6) is 0 Å². The molecule has 1 saturated carbocycles. The first-order valence-corrected chi connectivity index (χ1v) is 9.73. The number of anilines is 1. The Hall–Kier alpha value is -3.10. The lowest BCUT2D eigenvalue weighted by Gasteiger charge is -2.45. The van der Waals surface area contributed by atoms with Crippen molar-refractivity contribution in [1.29, 1.82) is 0 Å². The highest BCUT2D eigenvalue weighted by molar-refractivity contribution is 6.43. The monoisotopic (exact) mass is 435 g/mol. The smallest absolute Gasteiger partial charge is 0.294 e. The van der Waals surface area contributed by atoms with Gasteiger partial charge in [0.05, 0.1) is 11.3 Å². The van der Waals surface area contributed by atoms with E-state index in [2.05, 4.69) is 10.6 Å². The topological polar surface area (TPSA) is 80.2 Å². The first kappa shape index (κ1) is 22.6. The van der Waals surface area contributed by atoms with Crippen molar-refractivity contribution in [2.75, 3.05) is 5.32 Å². The Morgan fingerprint density at radius 3 is 2.26 bits per heavy atom. The second-order valence-corrected chi connectivity index (χ2v) is 8.46. The SMILES string of the molecule is Cc1cc(NC(=O)c2c(C)c(C(=O)C(=O)NC3(C)CC(F)(F)C3)n(C)c2C)ccc1F. The Morgan fingerprint density at radius 2 is 1.71 bits per heavy atom. The molecule has 2 amide bonds. The Morgan fingerprint density at radius 1 is 1.10 bits per heavy atom. The third-order valence-corrected chi connectivity index (χ3v) is 5.71. The minimum atomic E-state index is -2.85. The van der Waals surface area contributed by atoms with Gasteiger partial charge >= 0.3 is 0 Å². The van der Waals surface area contributed by atoms with Crippen LogP contribution in [0.1, 0.15) is 57.4 Å². The predicted molar refractivity (Wildman–Crippen MR) is 109 cm³/mol. The van der Waals surface area contributed by atoms with Gasteiger partial charge in [-0.3, -0.25) is 14.4 Å². The van der Waals surface area contributed by atoms with Crippen LogP contribution < -0.4 is 10.6 Å². The number of alkyl halides is 2. The highest BCUT2D eigenvalue weighted by atomic mass is 19.3. The van der Waals surface area contributed by atoms with Crippen LogP contribution in [0.3, 0.4) is 0 Å². The summed E-state index contributed by atoms with van der Waals surface area (Å²) in [4.78, 5) is 38.1. The Labute approximate surface area is 177 Å². The van der Waals surface area contributed by atoms with Crippen LogP contribution in [0.25, 0.3) is 0 Å². The average Bonchev–Trinajstić information content (AvgIpc) is 2.84. The van der Waals surface area contributed by atoms with E-state index >= 15 is 0 Å². The number of rotatable bonds is 5. The molecule has 166 valence electrons. The number of hydrogen-bond donors (Lipinski definition) is 2. The molecule has 1 aliphatic rings. The van der Waals surface area contributed by atoms with Crippen molar-refractivity contribution < 1.29 is 27.6 Å². The van der Waals surface area contributed by atoms with Crippen LogP contribution in [0.4, 0.5) is 18.9 Å². The van der Waals surface area contributed by atoms with Gasteiger partial charge in [0.2, 0.25) is 0 Å². The van der Waals surface area contributed by atoms with Crippen molar-refractivity contribution in [3.05, 3.63) is 52.1 Å². The molecule has 6 nitrogen and oxygen atoms in total. The van der Waals surface area contributed by atoms with E-state index < -0.39 is 47.7 Å². The molecule has 1 heterocycles. The molecule has 0 radical (unpaired) electrons. The fourth-order valence-corrected chi connectivity index (χ4v) is 4.17. The number of aromatic nitrogens is 1. The third-order valence-electron chi connectivity index (χ3n) is 5.71. The maximum atomic E-state index is 13.5. The summed E-state index contributed by atoms with van der Waals surface area (Å²) in [5.41, 5.74) is 0.558. The van der Waals surface area contributed by atoms with E-state index in [1.165, 1.54) is 36.6 Å². The fraction of sp³-hybridized carbons (Fsp3) is 0.409. The number of ketones is 1. The lowest BCUT2D eigenvalue weighted by atomic mass is 9.75. The van der Waals surface area contributed by atoms with Crippen molar-refractivity contribution in [1.82, 2.24) is 9.88 Å². The van der Waals surface area contributed by atoms with Crippen molar-refractivity contribution in [2.24, 2.45) is 7.05 Å². The molecular weight excluding hydrogens is 411 g/mol. The largest absolute Gasteiger partial charge is 0.344 e. The number of halogens is 3. The van der Waals surface area contributed by atoms with Gasteiger partial charge in [-0.05, 0) is 57.0 Å². The number of amides is 2. The molecule has 1 aromatic carbocycles.